The molecule has 112 valence electrons. The van der Waals surface area contributed by atoms with Crippen LogP contribution in [0.15, 0.2) is 6.33 Å². The Balaban J connectivity index is 1.53. The Bertz CT molecular complexity index is 448. The van der Waals surface area contributed by atoms with Crippen molar-refractivity contribution in [3.8, 4) is 0 Å². The first-order chi connectivity index (χ1) is 9.71. The number of imidazole rings is 1. The molecule has 5 nitrogen and oxygen atoms in total. The minimum atomic E-state index is 0.0998. The van der Waals surface area contributed by atoms with Crippen LogP contribution in [0.25, 0.3) is 0 Å². The van der Waals surface area contributed by atoms with Crippen molar-refractivity contribution in [1.29, 1.82) is 0 Å². The second-order valence-corrected chi connectivity index (χ2v) is 6.28. The highest BCUT2D eigenvalue weighted by molar-refractivity contribution is 5.09. The molecule has 1 aromatic heterocycles. The lowest BCUT2D eigenvalue weighted by Crippen LogP contribution is -2.32. The molecule has 0 aliphatic carbocycles. The monoisotopic (exact) mass is 279 g/mol. The van der Waals surface area contributed by atoms with Crippen molar-refractivity contribution < 1.29 is 9.47 Å². The van der Waals surface area contributed by atoms with E-state index in [1.165, 1.54) is 12.1 Å². The van der Waals surface area contributed by atoms with Gasteiger partial charge in [0.25, 0.3) is 0 Å². The van der Waals surface area contributed by atoms with Crippen LogP contribution in [0, 0.1) is 12.8 Å². The zero-order valence-corrected chi connectivity index (χ0v) is 12.5. The summed E-state index contributed by atoms with van der Waals surface area (Å²) in [6, 6.07) is 0. The molecule has 2 aliphatic rings. The molecular weight excluding hydrogens is 254 g/mol. The van der Waals surface area contributed by atoms with E-state index < -0.39 is 0 Å². The molecule has 3 heterocycles. The van der Waals surface area contributed by atoms with Crippen LogP contribution >= 0.6 is 0 Å². The second kappa shape index (κ2) is 5.84. The molecule has 1 N–H and O–H groups in total. The SMILES string of the molecule is COCC[C@H]1CO[C@@]2(CCN(Cc3nc[nH]c3C)C2)C1. The summed E-state index contributed by atoms with van der Waals surface area (Å²) >= 11 is 0. The molecule has 0 saturated carbocycles. The third kappa shape index (κ3) is 2.90. The first-order valence-corrected chi connectivity index (χ1v) is 7.55. The van der Waals surface area contributed by atoms with Crippen molar-refractivity contribution in [2.24, 2.45) is 5.92 Å². The van der Waals surface area contributed by atoms with Crippen LogP contribution in [0.5, 0.6) is 0 Å². The average Bonchev–Trinajstić information content (AvgIpc) is 3.13. The summed E-state index contributed by atoms with van der Waals surface area (Å²) in [5.74, 6) is 0.669. The number of aromatic nitrogens is 2. The summed E-state index contributed by atoms with van der Waals surface area (Å²) in [6.07, 6.45) is 5.24. The van der Waals surface area contributed by atoms with Crippen LogP contribution in [-0.4, -0.2) is 53.9 Å². The van der Waals surface area contributed by atoms with E-state index in [0.717, 1.165) is 51.4 Å². The Morgan fingerprint density at radius 1 is 1.60 bits per heavy atom. The molecule has 2 atom stereocenters. The van der Waals surface area contributed by atoms with Gasteiger partial charge in [0.2, 0.25) is 0 Å². The number of likely N-dealkylation sites (tertiary alicyclic amines) is 1. The number of hydrogen-bond donors (Lipinski definition) is 1. The van der Waals surface area contributed by atoms with Gasteiger partial charge >= 0.3 is 0 Å². The fourth-order valence-electron chi connectivity index (χ4n) is 3.51. The molecule has 0 amide bonds. The van der Waals surface area contributed by atoms with Crippen molar-refractivity contribution in [1.82, 2.24) is 14.9 Å². The largest absolute Gasteiger partial charge is 0.385 e. The maximum absolute atomic E-state index is 6.17. The molecule has 3 rings (SSSR count). The van der Waals surface area contributed by atoms with Gasteiger partial charge in [-0.05, 0) is 32.1 Å². The molecule has 0 aromatic carbocycles. The molecule has 20 heavy (non-hydrogen) atoms. The first-order valence-electron chi connectivity index (χ1n) is 7.55. The molecule has 2 aliphatic heterocycles. The van der Waals surface area contributed by atoms with Crippen LogP contribution in [0.1, 0.15) is 30.7 Å². The van der Waals surface area contributed by atoms with Crippen LogP contribution in [0.2, 0.25) is 0 Å². The number of rotatable bonds is 5. The fraction of sp³-hybridized carbons (Fsp3) is 0.800. The van der Waals surface area contributed by atoms with Crippen LogP contribution in [0.3, 0.4) is 0 Å². The van der Waals surface area contributed by atoms with E-state index in [1.54, 1.807) is 13.4 Å². The Hall–Kier alpha value is -0.910. The van der Waals surface area contributed by atoms with Crippen molar-refractivity contribution >= 4 is 0 Å². The number of nitrogens with zero attached hydrogens (tertiary/aromatic N) is 2. The molecule has 2 fully saturated rings. The number of ether oxygens (including phenoxy) is 2. The molecule has 0 bridgehead atoms. The molecule has 0 radical (unpaired) electrons. The number of aryl methyl sites for hydroxylation is 1. The fourth-order valence-corrected chi connectivity index (χ4v) is 3.51. The summed E-state index contributed by atoms with van der Waals surface area (Å²) in [6.45, 7) is 6.93. The minimum Gasteiger partial charge on any atom is -0.385 e. The van der Waals surface area contributed by atoms with Gasteiger partial charge in [-0.1, -0.05) is 0 Å². The molecule has 1 spiro atoms. The smallest absolute Gasteiger partial charge is 0.0925 e. The lowest BCUT2D eigenvalue weighted by atomic mass is 9.92. The Morgan fingerprint density at radius 3 is 3.25 bits per heavy atom. The molecule has 1 aromatic rings. The van der Waals surface area contributed by atoms with Gasteiger partial charge in [-0.2, -0.15) is 0 Å². The van der Waals surface area contributed by atoms with Gasteiger partial charge in [-0.15, -0.1) is 0 Å². The average molecular weight is 279 g/mol. The van der Waals surface area contributed by atoms with Crippen LogP contribution in [0.4, 0.5) is 0 Å². The van der Waals surface area contributed by atoms with E-state index >= 15 is 0 Å². The van der Waals surface area contributed by atoms with Gasteiger partial charge in [-0.3, -0.25) is 4.90 Å². The highest BCUT2D eigenvalue weighted by Gasteiger charge is 2.45. The second-order valence-electron chi connectivity index (χ2n) is 6.28. The zero-order valence-electron chi connectivity index (χ0n) is 12.5. The van der Waals surface area contributed by atoms with Crippen LogP contribution < -0.4 is 0 Å². The number of H-pyrrole nitrogens is 1. The molecule has 2 saturated heterocycles. The standard InChI is InChI=1S/C15H25N3O2/c1-12-14(17-11-16-12)8-18-5-4-15(10-18)7-13(9-20-15)3-6-19-2/h11,13H,3-10H2,1-2H3,(H,16,17)/t13-,15+/m1/s1. The minimum absolute atomic E-state index is 0.0998. The lowest BCUT2D eigenvalue weighted by Gasteiger charge is -2.23. The van der Waals surface area contributed by atoms with Crippen molar-refractivity contribution in [3.05, 3.63) is 17.7 Å². The van der Waals surface area contributed by atoms with E-state index in [9.17, 15) is 0 Å². The third-order valence-electron chi connectivity index (χ3n) is 4.72. The van der Waals surface area contributed by atoms with Crippen molar-refractivity contribution in [2.75, 3.05) is 33.4 Å². The molecular formula is C15H25N3O2. The normalized spacial score (nSPS) is 30.6. The predicted molar refractivity (Wildman–Crippen MR) is 76.5 cm³/mol. The highest BCUT2D eigenvalue weighted by Crippen LogP contribution is 2.39. The Kier molecular flexibility index (Phi) is 4.10. The van der Waals surface area contributed by atoms with Crippen molar-refractivity contribution in [2.45, 2.75) is 38.3 Å². The van der Waals surface area contributed by atoms with E-state index in [4.69, 9.17) is 9.47 Å². The Morgan fingerprint density at radius 2 is 2.50 bits per heavy atom. The number of methoxy groups -OCH3 is 1. The lowest BCUT2D eigenvalue weighted by molar-refractivity contribution is 0.0107. The first kappa shape index (κ1) is 14.0. The summed E-state index contributed by atoms with van der Waals surface area (Å²) in [5.41, 5.74) is 2.44. The van der Waals surface area contributed by atoms with E-state index in [1.807, 2.05) is 0 Å². The maximum atomic E-state index is 6.17. The third-order valence-corrected chi connectivity index (χ3v) is 4.72. The van der Waals surface area contributed by atoms with Crippen molar-refractivity contribution in [3.63, 3.8) is 0 Å². The van der Waals surface area contributed by atoms with E-state index in [2.05, 4.69) is 21.8 Å². The van der Waals surface area contributed by atoms with Gasteiger partial charge in [-0.25, -0.2) is 4.98 Å². The van der Waals surface area contributed by atoms with Crippen LogP contribution in [-0.2, 0) is 16.0 Å². The summed E-state index contributed by atoms with van der Waals surface area (Å²) in [5, 5.41) is 0. The number of hydrogen-bond acceptors (Lipinski definition) is 4. The van der Waals surface area contributed by atoms with Gasteiger partial charge in [0, 0.05) is 39.0 Å². The van der Waals surface area contributed by atoms with Gasteiger partial charge in [0.15, 0.2) is 0 Å². The summed E-state index contributed by atoms with van der Waals surface area (Å²) in [7, 11) is 1.77. The van der Waals surface area contributed by atoms with Gasteiger partial charge in [0.05, 0.1) is 24.2 Å². The quantitative estimate of drug-likeness (QED) is 0.892. The summed E-state index contributed by atoms with van der Waals surface area (Å²) < 4.78 is 11.3. The number of aromatic amines is 1. The van der Waals surface area contributed by atoms with E-state index in [0.29, 0.717) is 5.92 Å². The summed E-state index contributed by atoms with van der Waals surface area (Å²) in [4.78, 5) is 10.0. The maximum Gasteiger partial charge on any atom is 0.0925 e. The number of nitrogens with one attached hydrogen (secondary N) is 1. The zero-order chi connectivity index (χ0) is 14.0. The predicted octanol–water partition coefficient (Wildman–Crippen LogP) is 1.74. The Labute approximate surface area is 120 Å². The highest BCUT2D eigenvalue weighted by atomic mass is 16.5. The molecule has 0 unspecified atom stereocenters. The van der Waals surface area contributed by atoms with Gasteiger partial charge < -0.3 is 14.5 Å². The van der Waals surface area contributed by atoms with E-state index in [-0.39, 0.29) is 5.60 Å². The topological polar surface area (TPSA) is 50.4 Å². The molecule has 5 heteroatoms. The van der Waals surface area contributed by atoms with Gasteiger partial charge in [0.1, 0.15) is 0 Å².